The van der Waals surface area contributed by atoms with Gasteiger partial charge in [-0.2, -0.15) is 9.78 Å². The number of ether oxygens (including phenoxy) is 1. The quantitative estimate of drug-likeness (QED) is 0.281. The van der Waals surface area contributed by atoms with E-state index in [9.17, 15) is 20.4 Å². The summed E-state index contributed by atoms with van der Waals surface area (Å²) in [6, 6.07) is 0. The Hall–Kier alpha value is -0.320. The van der Waals surface area contributed by atoms with Crippen LogP contribution >= 0.6 is 0 Å². The van der Waals surface area contributed by atoms with E-state index < -0.39 is 36.7 Å². The Morgan fingerprint density at radius 2 is 1.79 bits per heavy atom. The van der Waals surface area contributed by atoms with Crippen molar-refractivity contribution >= 4 is 0 Å². The molecule has 0 amide bonds. The molecule has 0 bridgehead atoms. The summed E-state index contributed by atoms with van der Waals surface area (Å²) >= 11 is 0. The first kappa shape index (κ1) is 10.2. The number of hydrogen-bond acceptors (Lipinski definition) is 8. The third-order valence-corrected chi connectivity index (χ3v) is 2.33. The third kappa shape index (κ3) is 0.990. The smallest absolute Gasteiger partial charge is 0.371 e. The first-order valence-electron chi connectivity index (χ1n) is 3.91. The lowest BCUT2D eigenvalue weighted by molar-refractivity contribution is -0.731. The van der Waals surface area contributed by atoms with Gasteiger partial charge >= 0.3 is 11.8 Å². The van der Waals surface area contributed by atoms with Crippen LogP contribution in [-0.2, 0) is 14.5 Å². The largest absolute Gasteiger partial charge is 0.394 e. The topological polar surface area (TPSA) is 129 Å². The minimum Gasteiger partial charge on any atom is -0.394 e. The number of fused-ring (bicyclic) bond motifs is 1. The van der Waals surface area contributed by atoms with Gasteiger partial charge in [-0.1, -0.05) is 0 Å². The zero-order chi connectivity index (χ0) is 10.6. The highest BCUT2D eigenvalue weighted by Crippen LogP contribution is 2.45. The molecular formula is C6H10O8. The fraction of sp³-hybridized carbons (Fsp3) is 1.00. The fourth-order valence-corrected chi connectivity index (χ4v) is 1.39. The van der Waals surface area contributed by atoms with Gasteiger partial charge in [0.2, 0.25) is 0 Å². The van der Waals surface area contributed by atoms with Crippen LogP contribution in [0.5, 0.6) is 0 Å². The number of aliphatic hydroxyl groups excluding tert-OH is 3. The highest BCUT2D eigenvalue weighted by molar-refractivity contribution is 5.00. The summed E-state index contributed by atoms with van der Waals surface area (Å²) in [7, 11) is 0. The van der Waals surface area contributed by atoms with Gasteiger partial charge in [-0.05, 0) is 0 Å². The van der Waals surface area contributed by atoms with E-state index in [0.29, 0.717) is 0 Å². The van der Waals surface area contributed by atoms with Crippen LogP contribution in [0.3, 0.4) is 0 Å². The molecule has 2 heterocycles. The van der Waals surface area contributed by atoms with Crippen molar-refractivity contribution in [2.24, 2.45) is 0 Å². The second-order valence-corrected chi connectivity index (χ2v) is 3.22. The summed E-state index contributed by atoms with van der Waals surface area (Å²) in [6.45, 7) is -0.653. The van der Waals surface area contributed by atoms with Gasteiger partial charge < -0.3 is 30.3 Å². The predicted octanol–water partition coefficient (Wildman–Crippen LogP) is -3.60. The van der Waals surface area contributed by atoms with Crippen LogP contribution in [0.15, 0.2) is 0 Å². The monoisotopic (exact) mass is 210 g/mol. The Bertz CT molecular complexity index is 246. The molecule has 2 saturated heterocycles. The molecule has 0 aromatic heterocycles. The molecule has 0 aromatic carbocycles. The van der Waals surface area contributed by atoms with Gasteiger partial charge in [-0.25, -0.2) is 0 Å². The molecule has 0 aliphatic carbocycles. The molecule has 2 aliphatic rings. The van der Waals surface area contributed by atoms with Gasteiger partial charge in [0, 0.05) is 0 Å². The molecule has 2 fully saturated rings. The van der Waals surface area contributed by atoms with Crippen LogP contribution in [0.25, 0.3) is 0 Å². The minimum atomic E-state index is -2.56. The van der Waals surface area contributed by atoms with E-state index in [1.165, 1.54) is 0 Å². The first-order chi connectivity index (χ1) is 6.44. The van der Waals surface area contributed by atoms with Crippen LogP contribution < -0.4 is 0 Å². The Balaban J connectivity index is 2.25. The van der Waals surface area contributed by atoms with E-state index in [1.807, 2.05) is 0 Å². The first-order valence-corrected chi connectivity index (χ1v) is 3.91. The normalized spacial score (nSPS) is 57.6. The molecule has 8 heteroatoms. The summed E-state index contributed by atoms with van der Waals surface area (Å²) in [6.07, 6.45) is -4.69. The Labute approximate surface area is 77.8 Å². The SMILES string of the molecule is OC[C@H]1OC2(O)OO[C@]2(O)[C@@H](O)[C@H]1O. The van der Waals surface area contributed by atoms with Gasteiger partial charge in [0.1, 0.15) is 18.3 Å². The zero-order valence-corrected chi connectivity index (χ0v) is 6.90. The van der Waals surface area contributed by atoms with Crippen molar-refractivity contribution in [3.05, 3.63) is 0 Å². The van der Waals surface area contributed by atoms with E-state index in [0.717, 1.165) is 0 Å². The van der Waals surface area contributed by atoms with Crippen molar-refractivity contribution in [2.45, 2.75) is 30.1 Å². The van der Waals surface area contributed by atoms with Crippen LogP contribution in [0, 0.1) is 0 Å². The summed E-state index contributed by atoms with van der Waals surface area (Å²) in [5, 5.41) is 46.2. The molecule has 0 radical (unpaired) electrons. The van der Waals surface area contributed by atoms with Gasteiger partial charge in [-0.3, -0.25) is 0 Å². The Morgan fingerprint density at radius 1 is 1.14 bits per heavy atom. The summed E-state index contributed by atoms with van der Waals surface area (Å²) in [4.78, 5) is 8.17. The second-order valence-electron chi connectivity index (χ2n) is 3.22. The van der Waals surface area contributed by atoms with Crippen molar-refractivity contribution in [2.75, 3.05) is 6.61 Å². The second kappa shape index (κ2) is 2.84. The standard InChI is InChI=1S/C6H10O8/c7-1-2-3(8)4(9)5(10)6(11,12-2)14-13-5/h2-4,7-11H,1H2/t2-,3+,4+,5-,6?/m1/s1. The molecule has 0 saturated carbocycles. The number of rotatable bonds is 1. The van der Waals surface area contributed by atoms with Gasteiger partial charge in [0.05, 0.1) is 6.61 Å². The van der Waals surface area contributed by atoms with Crippen molar-refractivity contribution in [1.29, 1.82) is 0 Å². The van der Waals surface area contributed by atoms with E-state index in [1.54, 1.807) is 0 Å². The summed E-state index contributed by atoms with van der Waals surface area (Å²) in [5.74, 6) is -5.09. The summed E-state index contributed by atoms with van der Waals surface area (Å²) in [5.41, 5.74) is 0. The molecule has 5 atom stereocenters. The highest BCUT2D eigenvalue weighted by Gasteiger charge is 2.75. The molecule has 0 spiro atoms. The average molecular weight is 210 g/mol. The van der Waals surface area contributed by atoms with Gasteiger partial charge in [-0.15, -0.1) is 0 Å². The van der Waals surface area contributed by atoms with Gasteiger partial charge in [0.25, 0.3) is 0 Å². The lowest BCUT2D eigenvalue weighted by Crippen LogP contribution is -2.81. The van der Waals surface area contributed by atoms with Crippen molar-refractivity contribution in [3.63, 3.8) is 0 Å². The van der Waals surface area contributed by atoms with Crippen molar-refractivity contribution < 1.29 is 40.0 Å². The Morgan fingerprint density at radius 3 is 2.21 bits per heavy atom. The Kier molecular flexibility index (Phi) is 2.07. The molecular weight excluding hydrogens is 200 g/mol. The molecule has 0 aromatic rings. The predicted molar refractivity (Wildman–Crippen MR) is 36.0 cm³/mol. The summed E-state index contributed by atoms with van der Waals surface area (Å²) < 4.78 is 4.61. The minimum absolute atomic E-state index is 0.653. The highest BCUT2D eigenvalue weighted by atomic mass is 17.3. The maximum Gasteiger partial charge on any atom is 0.371 e. The lowest BCUT2D eigenvalue weighted by atomic mass is 9.93. The lowest BCUT2D eigenvalue weighted by Gasteiger charge is -2.55. The van der Waals surface area contributed by atoms with E-state index >= 15 is 0 Å². The molecule has 14 heavy (non-hydrogen) atoms. The molecule has 5 N–H and O–H groups in total. The molecule has 2 aliphatic heterocycles. The molecule has 2 rings (SSSR count). The maximum absolute atomic E-state index is 9.43. The van der Waals surface area contributed by atoms with Crippen LogP contribution in [0.4, 0.5) is 0 Å². The van der Waals surface area contributed by atoms with Crippen molar-refractivity contribution in [1.82, 2.24) is 0 Å². The third-order valence-electron chi connectivity index (χ3n) is 2.33. The van der Waals surface area contributed by atoms with E-state index in [-0.39, 0.29) is 0 Å². The number of hydrogen-bond donors (Lipinski definition) is 5. The fourth-order valence-electron chi connectivity index (χ4n) is 1.39. The van der Waals surface area contributed by atoms with Crippen molar-refractivity contribution in [3.8, 4) is 0 Å². The average Bonchev–Trinajstić information content (AvgIpc) is 2.19. The maximum atomic E-state index is 9.43. The van der Waals surface area contributed by atoms with Gasteiger partial charge in [0.15, 0.2) is 0 Å². The zero-order valence-electron chi connectivity index (χ0n) is 6.90. The van der Waals surface area contributed by atoms with E-state index in [4.69, 9.17) is 5.11 Å². The molecule has 82 valence electrons. The van der Waals surface area contributed by atoms with E-state index in [2.05, 4.69) is 14.5 Å². The van der Waals surface area contributed by atoms with Crippen LogP contribution in [-0.4, -0.2) is 62.2 Å². The van der Waals surface area contributed by atoms with Crippen LogP contribution in [0.1, 0.15) is 0 Å². The molecule has 8 nitrogen and oxygen atoms in total. The molecule has 1 unspecified atom stereocenters. The number of aliphatic hydroxyl groups is 5. The van der Waals surface area contributed by atoms with Crippen LogP contribution in [0.2, 0.25) is 0 Å².